The number of rotatable bonds is 13. The lowest BCUT2D eigenvalue weighted by molar-refractivity contribution is 0.0385. The van der Waals surface area contributed by atoms with E-state index in [0.29, 0.717) is 57.4 Å². The Morgan fingerprint density at radius 1 is 1.21 bits per heavy atom. The number of benzene rings is 1. The standard InChI is InChI=1S/C26H41N3O6S2Si/c1-16-21(32-8)13-22(35-38(9,10)26(4,5)6)19(23(16)25(30)33-12-11-31-7)14-37-15-20(28-18(3)36)24-27-17(2)29-34-24/h13,20H,11-12,14-15H2,1-10H3,(H,28,36). The third-order valence-electron chi connectivity index (χ3n) is 6.47. The summed E-state index contributed by atoms with van der Waals surface area (Å²) in [7, 11) is 0.900. The third kappa shape index (κ3) is 8.42. The highest BCUT2D eigenvalue weighted by Gasteiger charge is 2.40. The molecule has 38 heavy (non-hydrogen) atoms. The summed E-state index contributed by atoms with van der Waals surface area (Å²) in [6.07, 6.45) is 0. The molecule has 1 aromatic carbocycles. The van der Waals surface area contributed by atoms with Crippen LogP contribution in [0.15, 0.2) is 10.6 Å². The van der Waals surface area contributed by atoms with E-state index < -0.39 is 14.3 Å². The number of thiocarbonyl (C=S) groups is 1. The fourth-order valence-corrected chi connectivity index (χ4v) is 5.63. The highest BCUT2D eigenvalue weighted by atomic mass is 32.2. The van der Waals surface area contributed by atoms with Crippen molar-refractivity contribution in [2.45, 2.75) is 71.5 Å². The van der Waals surface area contributed by atoms with Gasteiger partial charge in [0.2, 0.25) is 14.2 Å². The van der Waals surface area contributed by atoms with Crippen LogP contribution in [0.4, 0.5) is 0 Å². The molecule has 0 bridgehead atoms. The summed E-state index contributed by atoms with van der Waals surface area (Å²) in [5.41, 5.74) is 1.91. The van der Waals surface area contributed by atoms with Gasteiger partial charge in [-0.1, -0.05) is 38.1 Å². The molecule has 1 N–H and O–H groups in total. The Labute approximate surface area is 236 Å². The molecule has 0 saturated carbocycles. The van der Waals surface area contributed by atoms with Crippen molar-refractivity contribution in [2.75, 3.05) is 33.2 Å². The molecule has 0 radical (unpaired) electrons. The zero-order valence-corrected chi connectivity index (χ0v) is 26.8. The molecule has 0 saturated heterocycles. The Morgan fingerprint density at radius 3 is 2.42 bits per heavy atom. The number of carbonyl (C=O) groups excluding carboxylic acids is 1. The van der Waals surface area contributed by atoms with Gasteiger partial charge in [-0.3, -0.25) is 0 Å². The molecular weight excluding hydrogens is 543 g/mol. The van der Waals surface area contributed by atoms with E-state index in [4.69, 9.17) is 35.4 Å². The second kappa shape index (κ2) is 13.8. The number of methoxy groups -OCH3 is 2. The topological polar surface area (TPSA) is 105 Å². The first-order chi connectivity index (χ1) is 17.7. The number of hydrogen-bond donors (Lipinski definition) is 1. The summed E-state index contributed by atoms with van der Waals surface area (Å²) >= 11 is 6.88. The van der Waals surface area contributed by atoms with Crippen molar-refractivity contribution in [2.24, 2.45) is 0 Å². The summed E-state index contributed by atoms with van der Waals surface area (Å²) < 4.78 is 28.4. The normalized spacial score (nSPS) is 12.7. The average molecular weight is 584 g/mol. The maximum atomic E-state index is 13.4. The number of hydrogen-bond acceptors (Lipinski definition) is 10. The minimum absolute atomic E-state index is 0.0453. The van der Waals surface area contributed by atoms with Crippen molar-refractivity contribution in [3.63, 3.8) is 0 Å². The lowest BCUT2D eigenvalue weighted by Gasteiger charge is -2.37. The number of thioether (sulfide) groups is 1. The zero-order valence-electron chi connectivity index (χ0n) is 24.1. The second-order valence-corrected chi connectivity index (χ2v) is 16.9. The molecular formula is C26H41N3O6S2Si. The third-order valence-corrected chi connectivity index (χ3v) is 12.0. The van der Waals surface area contributed by atoms with Crippen molar-refractivity contribution in [1.29, 1.82) is 0 Å². The van der Waals surface area contributed by atoms with Gasteiger partial charge in [0, 0.05) is 35.8 Å². The van der Waals surface area contributed by atoms with E-state index in [9.17, 15) is 4.79 Å². The molecule has 0 aliphatic carbocycles. The molecule has 0 fully saturated rings. The molecule has 1 heterocycles. The second-order valence-electron chi connectivity index (χ2n) is 10.5. The van der Waals surface area contributed by atoms with E-state index >= 15 is 0 Å². The first-order valence-corrected chi connectivity index (χ1v) is 16.9. The van der Waals surface area contributed by atoms with E-state index in [1.807, 2.05) is 19.9 Å². The first kappa shape index (κ1) is 32.1. The molecule has 1 unspecified atom stereocenters. The zero-order chi connectivity index (χ0) is 28.7. The lowest BCUT2D eigenvalue weighted by atomic mass is 10.0. The molecule has 0 aliphatic rings. The van der Waals surface area contributed by atoms with Crippen molar-refractivity contribution >= 4 is 43.3 Å². The maximum absolute atomic E-state index is 13.4. The molecule has 1 atom stereocenters. The van der Waals surface area contributed by atoms with E-state index in [2.05, 4.69) is 49.3 Å². The summed E-state index contributed by atoms with van der Waals surface area (Å²) in [5, 5.41) is 7.10. The van der Waals surface area contributed by atoms with E-state index in [0.717, 1.165) is 5.56 Å². The largest absolute Gasteiger partial charge is 0.543 e. The maximum Gasteiger partial charge on any atom is 0.339 e. The van der Waals surface area contributed by atoms with Gasteiger partial charge in [0.15, 0.2) is 5.82 Å². The van der Waals surface area contributed by atoms with Gasteiger partial charge in [-0.25, -0.2) is 4.79 Å². The molecule has 9 nitrogen and oxygen atoms in total. The number of carbonyl (C=O) groups is 1. The Hall–Kier alpha value is -2.15. The van der Waals surface area contributed by atoms with E-state index in [1.54, 1.807) is 32.9 Å². The van der Waals surface area contributed by atoms with Crippen LogP contribution in [0.25, 0.3) is 0 Å². The van der Waals surface area contributed by atoms with Gasteiger partial charge in [-0.15, -0.1) is 0 Å². The van der Waals surface area contributed by atoms with Gasteiger partial charge in [-0.05, 0) is 38.9 Å². The van der Waals surface area contributed by atoms with Crippen LogP contribution in [0, 0.1) is 13.8 Å². The first-order valence-electron chi connectivity index (χ1n) is 12.4. The molecule has 1 aromatic heterocycles. The van der Waals surface area contributed by atoms with Gasteiger partial charge >= 0.3 is 5.97 Å². The molecule has 2 rings (SSSR count). The van der Waals surface area contributed by atoms with Gasteiger partial charge in [-0.2, -0.15) is 16.7 Å². The Kier molecular flexibility index (Phi) is 11.6. The average Bonchev–Trinajstić information content (AvgIpc) is 3.25. The predicted octanol–water partition coefficient (Wildman–Crippen LogP) is 5.79. The van der Waals surface area contributed by atoms with Crippen LogP contribution in [0.5, 0.6) is 11.5 Å². The molecule has 0 amide bonds. The van der Waals surface area contributed by atoms with Crippen molar-refractivity contribution < 1.29 is 28.0 Å². The highest BCUT2D eigenvalue weighted by molar-refractivity contribution is 7.98. The lowest BCUT2D eigenvalue weighted by Crippen LogP contribution is -2.44. The van der Waals surface area contributed by atoms with Gasteiger partial charge in [0.1, 0.15) is 24.1 Å². The fourth-order valence-electron chi connectivity index (χ4n) is 3.38. The minimum Gasteiger partial charge on any atom is -0.543 e. The van der Waals surface area contributed by atoms with Crippen LogP contribution in [-0.4, -0.2) is 62.6 Å². The smallest absolute Gasteiger partial charge is 0.339 e. The number of esters is 1. The van der Waals surface area contributed by atoms with Crippen molar-refractivity contribution in [3.05, 3.63) is 34.5 Å². The van der Waals surface area contributed by atoms with Crippen molar-refractivity contribution in [1.82, 2.24) is 15.5 Å². The summed E-state index contributed by atoms with van der Waals surface area (Å²) in [6, 6.07) is 1.61. The van der Waals surface area contributed by atoms with Crippen LogP contribution in [0.3, 0.4) is 0 Å². The Balaban J connectivity index is 2.50. The van der Waals surface area contributed by atoms with Crippen LogP contribution in [0.2, 0.25) is 18.1 Å². The number of nitrogens with one attached hydrogen (secondary N) is 1. The number of aromatic nitrogens is 2. The SMILES string of the molecule is COCCOC(=O)c1c(C)c(OC)cc(O[Si](C)(C)C(C)(C)C)c1CSCC(NC(C)=S)c1nc(C)no1. The van der Waals surface area contributed by atoms with Crippen LogP contribution in [0.1, 0.15) is 66.9 Å². The molecule has 212 valence electrons. The van der Waals surface area contributed by atoms with Gasteiger partial charge < -0.3 is 28.5 Å². The Bertz CT molecular complexity index is 1120. The predicted molar refractivity (Wildman–Crippen MR) is 157 cm³/mol. The molecule has 12 heteroatoms. The van der Waals surface area contributed by atoms with Crippen LogP contribution >= 0.6 is 24.0 Å². The van der Waals surface area contributed by atoms with E-state index in [-0.39, 0.29) is 17.7 Å². The van der Waals surface area contributed by atoms with Crippen molar-refractivity contribution in [3.8, 4) is 11.5 Å². The van der Waals surface area contributed by atoms with Crippen LogP contribution in [-0.2, 0) is 15.2 Å². The monoisotopic (exact) mass is 583 g/mol. The molecule has 2 aromatic rings. The molecule has 0 aliphatic heterocycles. The molecule has 0 spiro atoms. The van der Waals surface area contributed by atoms with Gasteiger partial charge in [0.25, 0.3) is 0 Å². The van der Waals surface area contributed by atoms with Crippen LogP contribution < -0.4 is 14.5 Å². The van der Waals surface area contributed by atoms with Gasteiger partial charge in [0.05, 0.1) is 24.3 Å². The number of ether oxygens (including phenoxy) is 3. The fraction of sp³-hybridized carbons (Fsp3) is 0.615. The number of nitrogens with zero attached hydrogens (tertiary/aromatic N) is 2. The summed E-state index contributed by atoms with van der Waals surface area (Å²) in [5.74, 6) is 2.82. The van der Waals surface area contributed by atoms with E-state index in [1.165, 1.54) is 0 Å². The summed E-state index contributed by atoms with van der Waals surface area (Å²) in [4.78, 5) is 18.4. The summed E-state index contributed by atoms with van der Waals surface area (Å²) in [6.45, 7) is 16.8. The highest BCUT2D eigenvalue weighted by Crippen LogP contribution is 2.42. The Morgan fingerprint density at radius 2 is 1.89 bits per heavy atom. The minimum atomic E-state index is -2.25. The quantitative estimate of drug-likeness (QED) is 0.134. The number of aryl methyl sites for hydroxylation is 1.